The van der Waals surface area contributed by atoms with Gasteiger partial charge < -0.3 is 15.5 Å². The Labute approximate surface area is 156 Å². The second kappa shape index (κ2) is 8.77. The molecule has 2 heterocycles. The molecule has 1 aromatic heterocycles. The molecule has 8 nitrogen and oxygen atoms in total. The van der Waals surface area contributed by atoms with Crippen molar-refractivity contribution in [1.82, 2.24) is 14.9 Å². The van der Waals surface area contributed by atoms with Crippen LogP contribution >= 0.6 is 11.6 Å². The van der Waals surface area contributed by atoms with Crippen LogP contribution < -0.4 is 10.6 Å². The van der Waals surface area contributed by atoms with Crippen LogP contribution in [0, 0.1) is 10.1 Å². The van der Waals surface area contributed by atoms with E-state index in [1.54, 1.807) is 24.3 Å². The van der Waals surface area contributed by atoms with E-state index in [4.69, 9.17) is 11.6 Å². The molecule has 0 amide bonds. The summed E-state index contributed by atoms with van der Waals surface area (Å²) in [5.74, 6) is 0.517. The van der Waals surface area contributed by atoms with Crippen LogP contribution in [0.4, 0.5) is 23.1 Å². The van der Waals surface area contributed by atoms with Gasteiger partial charge in [-0.2, -0.15) is 4.98 Å². The van der Waals surface area contributed by atoms with Crippen LogP contribution in [0.2, 0.25) is 5.02 Å². The van der Waals surface area contributed by atoms with Gasteiger partial charge >= 0.3 is 5.69 Å². The zero-order chi connectivity index (χ0) is 18.4. The van der Waals surface area contributed by atoms with E-state index < -0.39 is 4.92 Å². The molecule has 0 aliphatic carbocycles. The van der Waals surface area contributed by atoms with Gasteiger partial charge in [-0.25, -0.2) is 4.98 Å². The smallest absolute Gasteiger partial charge is 0.329 e. The molecule has 0 bridgehead atoms. The van der Waals surface area contributed by atoms with Gasteiger partial charge in [0.1, 0.15) is 6.20 Å². The van der Waals surface area contributed by atoms with E-state index in [-0.39, 0.29) is 11.5 Å². The number of halogens is 1. The van der Waals surface area contributed by atoms with Crippen molar-refractivity contribution in [1.29, 1.82) is 0 Å². The Morgan fingerprint density at radius 3 is 2.65 bits per heavy atom. The second-order valence-electron chi connectivity index (χ2n) is 6.15. The normalized spacial score (nSPS) is 14.3. The largest absolute Gasteiger partial charge is 0.364 e. The van der Waals surface area contributed by atoms with Gasteiger partial charge in [0, 0.05) is 17.3 Å². The minimum Gasteiger partial charge on any atom is -0.364 e. The van der Waals surface area contributed by atoms with E-state index in [0.717, 1.165) is 31.7 Å². The lowest BCUT2D eigenvalue weighted by Gasteiger charge is -2.14. The van der Waals surface area contributed by atoms with Crippen molar-refractivity contribution in [3.05, 3.63) is 45.6 Å². The standard InChI is InChI=1S/C17H21ClN6O2/c18-13-4-6-14(7-5-13)21-17-20-12-15(24(25)26)16(22-17)19-8-3-11-23-9-1-2-10-23/h4-7,12H,1-3,8-11H2,(H2,19,20,21,22). The first-order valence-electron chi connectivity index (χ1n) is 8.62. The van der Waals surface area contributed by atoms with Crippen molar-refractivity contribution in [2.24, 2.45) is 0 Å². The number of aromatic nitrogens is 2. The molecule has 138 valence electrons. The minimum absolute atomic E-state index is 0.132. The van der Waals surface area contributed by atoms with Gasteiger partial charge in [-0.1, -0.05) is 11.6 Å². The van der Waals surface area contributed by atoms with Crippen LogP contribution in [0.3, 0.4) is 0 Å². The summed E-state index contributed by atoms with van der Waals surface area (Å²) in [6.07, 6.45) is 4.63. The molecule has 1 fully saturated rings. The Kier molecular flexibility index (Phi) is 6.19. The Morgan fingerprint density at radius 2 is 1.96 bits per heavy atom. The molecule has 0 atom stereocenters. The Hall–Kier alpha value is -2.45. The van der Waals surface area contributed by atoms with E-state index in [9.17, 15) is 10.1 Å². The van der Waals surface area contributed by atoms with E-state index in [1.165, 1.54) is 19.0 Å². The molecular formula is C17H21ClN6O2. The van der Waals surface area contributed by atoms with E-state index in [2.05, 4.69) is 25.5 Å². The van der Waals surface area contributed by atoms with Crippen molar-refractivity contribution >= 4 is 34.7 Å². The predicted molar refractivity (Wildman–Crippen MR) is 102 cm³/mol. The van der Waals surface area contributed by atoms with Gasteiger partial charge in [0.15, 0.2) is 0 Å². The number of nitrogens with zero attached hydrogens (tertiary/aromatic N) is 4. The highest BCUT2D eigenvalue weighted by Gasteiger charge is 2.17. The van der Waals surface area contributed by atoms with Gasteiger partial charge in [-0.3, -0.25) is 10.1 Å². The monoisotopic (exact) mass is 376 g/mol. The summed E-state index contributed by atoms with van der Waals surface area (Å²) in [5.41, 5.74) is 0.621. The summed E-state index contributed by atoms with van der Waals surface area (Å²) in [7, 11) is 0. The lowest BCUT2D eigenvalue weighted by molar-refractivity contribution is -0.384. The van der Waals surface area contributed by atoms with E-state index in [1.807, 2.05) is 0 Å². The number of hydrogen-bond acceptors (Lipinski definition) is 7. The third-order valence-corrected chi connectivity index (χ3v) is 4.46. The summed E-state index contributed by atoms with van der Waals surface area (Å²) >= 11 is 5.87. The molecule has 1 aliphatic heterocycles. The molecule has 1 saturated heterocycles. The summed E-state index contributed by atoms with van der Waals surface area (Å²) in [4.78, 5) is 21.4. The maximum Gasteiger partial charge on any atom is 0.329 e. The van der Waals surface area contributed by atoms with Crippen LogP contribution in [0.15, 0.2) is 30.5 Å². The van der Waals surface area contributed by atoms with Gasteiger partial charge in [0.05, 0.1) is 4.92 Å². The van der Waals surface area contributed by atoms with Gasteiger partial charge in [-0.15, -0.1) is 0 Å². The lowest BCUT2D eigenvalue weighted by atomic mass is 10.3. The van der Waals surface area contributed by atoms with Crippen LogP contribution in [-0.4, -0.2) is 46.0 Å². The minimum atomic E-state index is -0.477. The molecular weight excluding hydrogens is 356 g/mol. The zero-order valence-electron chi connectivity index (χ0n) is 14.3. The van der Waals surface area contributed by atoms with Gasteiger partial charge in [0.2, 0.25) is 11.8 Å². The topological polar surface area (TPSA) is 96.2 Å². The molecule has 0 radical (unpaired) electrons. The van der Waals surface area contributed by atoms with Gasteiger partial charge in [0.25, 0.3) is 0 Å². The van der Waals surface area contributed by atoms with Crippen LogP contribution in [0.1, 0.15) is 19.3 Å². The zero-order valence-corrected chi connectivity index (χ0v) is 15.1. The van der Waals surface area contributed by atoms with Gasteiger partial charge in [-0.05, 0) is 63.2 Å². The predicted octanol–water partition coefficient (Wildman–Crippen LogP) is 3.68. The summed E-state index contributed by atoms with van der Waals surface area (Å²) in [6.45, 7) is 3.89. The molecule has 1 aliphatic rings. The quantitative estimate of drug-likeness (QED) is 0.412. The summed E-state index contributed by atoms with van der Waals surface area (Å²) in [6, 6.07) is 7.06. The fourth-order valence-corrected chi connectivity index (χ4v) is 3.00. The SMILES string of the molecule is O=[N+]([O-])c1cnc(Nc2ccc(Cl)cc2)nc1NCCCN1CCCC1. The Morgan fingerprint density at radius 1 is 1.23 bits per heavy atom. The average Bonchev–Trinajstić information content (AvgIpc) is 3.14. The van der Waals surface area contributed by atoms with Crippen molar-refractivity contribution in [2.45, 2.75) is 19.3 Å². The summed E-state index contributed by atoms with van der Waals surface area (Å²) in [5, 5.41) is 17.9. The number of hydrogen-bond donors (Lipinski definition) is 2. The maximum absolute atomic E-state index is 11.2. The molecule has 0 unspecified atom stereocenters. The number of nitrogens with one attached hydrogen (secondary N) is 2. The summed E-state index contributed by atoms with van der Waals surface area (Å²) < 4.78 is 0. The lowest BCUT2D eigenvalue weighted by Crippen LogP contribution is -2.22. The fourth-order valence-electron chi connectivity index (χ4n) is 2.88. The number of rotatable bonds is 8. The fraction of sp³-hybridized carbons (Fsp3) is 0.412. The molecule has 1 aromatic carbocycles. The number of likely N-dealkylation sites (tertiary alicyclic amines) is 1. The number of anilines is 3. The van der Waals surface area contributed by atoms with Crippen molar-refractivity contribution in [3.8, 4) is 0 Å². The van der Waals surface area contributed by atoms with Crippen LogP contribution in [0.5, 0.6) is 0 Å². The Balaban J connectivity index is 1.63. The Bertz CT molecular complexity index is 749. The van der Waals surface area contributed by atoms with Crippen molar-refractivity contribution in [2.75, 3.05) is 36.8 Å². The van der Waals surface area contributed by atoms with Crippen LogP contribution in [-0.2, 0) is 0 Å². The molecule has 3 rings (SSSR count). The first-order valence-corrected chi connectivity index (χ1v) is 9.00. The molecule has 9 heteroatoms. The van der Waals surface area contributed by atoms with E-state index >= 15 is 0 Å². The molecule has 2 N–H and O–H groups in total. The highest BCUT2D eigenvalue weighted by Crippen LogP contribution is 2.24. The number of benzene rings is 1. The highest BCUT2D eigenvalue weighted by molar-refractivity contribution is 6.30. The maximum atomic E-state index is 11.2. The average molecular weight is 377 g/mol. The van der Waals surface area contributed by atoms with Crippen molar-refractivity contribution < 1.29 is 4.92 Å². The molecule has 26 heavy (non-hydrogen) atoms. The second-order valence-corrected chi connectivity index (χ2v) is 6.58. The van der Waals surface area contributed by atoms with Crippen molar-refractivity contribution in [3.63, 3.8) is 0 Å². The third kappa shape index (κ3) is 5.03. The molecule has 2 aromatic rings. The van der Waals surface area contributed by atoms with Crippen LogP contribution in [0.25, 0.3) is 0 Å². The first kappa shape index (κ1) is 18.3. The van der Waals surface area contributed by atoms with E-state index in [0.29, 0.717) is 17.5 Å². The number of nitro groups is 1. The molecule has 0 spiro atoms. The molecule has 0 saturated carbocycles. The highest BCUT2D eigenvalue weighted by atomic mass is 35.5. The third-order valence-electron chi connectivity index (χ3n) is 4.21. The first-order chi connectivity index (χ1) is 12.6.